The Morgan fingerprint density at radius 2 is 1.90 bits per heavy atom. The number of aromatic hydroxyl groups is 1. The zero-order chi connectivity index (χ0) is 26.5. The average molecular weight is 525 g/mol. The summed E-state index contributed by atoms with van der Waals surface area (Å²) in [5.74, 6) is 1.53. The van der Waals surface area contributed by atoms with E-state index in [1.807, 2.05) is 42.1 Å². The first-order valence-electron chi connectivity index (χ1n) is 13.3. The second-order valence-corrected chi connectivity index (χ2v) is 10.4. The Balaban J connectivity index is 1.33. The van der Waals surface area contributed by atoms with E-state index in [0.717, 1.165) is 42.5 Å². The highest BCUT2D eigenvalue weighted by Gasteiger charge is 2.34. The lowest BCUT2D eigenvalue weighted by molar-refractivity contribution is 0.464. The van der Waals surface area contributed by atoms with E-state index in [2.05, 4.69) is 30.5 Å². The van der Waals surface area contributed by atoms with Crippen molar-refractivity contribution >= 4 is 33.4 Å². The number of nitrogens with zero attached hydrogens (tertiary/aromatic N) is 6. The molecule has 5 aromatic rings. The number of phenolic OH excluding ortho intramolecular Hbond substituents is 1. The maximum absolute atomic E-state index is 16.4. The first-order chi connectivity index (χ1) is 19.0. The lowest BCUT2D eigenvalue weighted by Gasteiger charge is -2.34. The van der Waals surface area contributed by atoms with Gasteiger partial charge in [0.15, 0.2) is 5.82 Å². The van der Waals surface area contributed by atoms with Crippen LogP contribution in [0, 0.1) is 5.82 Å². The number of imidazole rings is 1. The van der Waals surface area contributed by atoms with Crippen LogP contribution in [0.5, 0.6) is 5.75 Å². The summed E-state index contributed by atoms with van der Waals surface area (Å²) in [6.07, 6.45) is 8.28. The second kappa shape index (κ2) is 9.46. The molecule has 2 bridgehead atoms. The summed E-state index contributed by atoms with van der Waals surface area (Å²) in [6, 6.07) is 11.6. The number of aryl methyl sites for hydroxylation is 1. The molecule has 0 spiro atoms. The first-order valence-corrected chi connectivity index (χ1v) is 13.3. The molecule has 10 heteroatoms. The number of piperazine rings is 1. The Kier molecular flexibility index (Phi) is 5.77. The molecule has 5 heterocycles. The van der Waals surface area contributed by atoms with Crippen LogP contribution in [0.3, 0.4) is 0 Å². The van der Waals surface area contributed by atoms with Gasteiger partial charge in [-0.05, 0) is 35.7 Å². The molecule has 2 aromatic carbocycles. The minimum atomic E-state index is -0.530. The number of aromatic nitrogens is 5. The molecule has 3 N–H and O–H groups in total. The SMILES string of the molecule is Cn1ccnc1CCNc1nc(N2C[C@H]3CC[C@@H](C2)N3)c2cnc(-c3cc(O)cc4ccccc34)c(F)c2n1. The molecule has 0 saturated carbocycles. The van der Waals surface area contributed by atoms with Crippen molar-refractivity contribution in [1.29, 1.82) is 0 Å². The molecule has 9 nitrogen and oxygen atoms in total. The Bertz CT molecular complexity index is 1690. The van der Waals surface area contributed by atoms with Crippen LogP contribution in [0.15, 0.2) is 55.0 Å². The molecule has 0 radical (unpaired) electrons. The summed E-state index contributed by atoms with van der Waals surface area (Å²) < 4.78 is 18.4. The fourth-order valence-electron chi connectivity index (χ4n) is 5.93. The van der Waals surface area contributed by atoms with Gasteiger partial charge in [0, 0.05) is 69.3 Å². The van der Waals surface area contributed by atoms with Gasteiger partial charge in [0.05, 0.1) is 5.39 Å². The summed E-state index contributed by atoms with van der Waals surface area (Å²) in [5, 5.41) is 19.5. The normalized spacial score (nSPS) is 18.8. The van der Waals surface area contributed by atoms with Gasteiger partial charge in [-0.1, -0.05) is 24.3 Å². The van der Waals surface area contributed by atoms with Crippen LogP contribution in [0.1, 0.15) is 18.7 Å². The monoisotopic (exact) mass is 524 g/mol. The minimum absolute atomic E-state index is 0.0568. The van der Waals surface area contributed by atoms with Crippen molar-refractivity contribution in [3.8, 4) is 17.0 Å². The van der Waals surface area contributed by atoms with Crippen LogP contribution in [-0.2, 0) is 13.5 Å². The third-order valence-electron chi connectivity index (χ3n) is 7.83. The fourth-order valence-corrected chi connectivity index (χ4v) is 5.93. The predicted molar refractivity (Wildman–Crippen MR) is 149 cm³/mol. The summed E-state index contributed by atoms with van der Waals surface area (Å²) >= 11 is 0. The number of nitrogens with one attached hydrogen (secondary N) is 2. The molecule has 2 aliphatic heterocycles. The highest BCUT2D eigenvalue weighted by molar-refractivity contribution is 6.00. The number of rotatable bonds is 6. The third-order valence-corrected chi connectivity index (χ3v) is 7.83. The fraction of sp³-hybridized carbons (Fsp3) is 0.310. The number of fused-ring (bicyclic) bond motifs is 4. The summed E-state index contributed by atoms with van der Waals surface area (Å²) in [6.45, 7) is 2.16. The second-order valence-electron chi connectivity index (χ2n) is 10.4. The predicted octanol–water partition coefficient (Wildman–Crippen LogP) is 4.02. The molecule has 7 rings (SSSR count). The van der Waals surface area contributed by atoms with E-state index >= 15 is 4.39 Å². The van der Waals surface area contributed by atoms with Crippen molar-refractivity contribution in [1.82, 2.24) is 29.8 Å². The molecule has 198 valence electrons. The van der Waals surface area contributed by atoms with E-state index in [4.69, 9.17) is 4.98 Å². The van der Waals surface area contributed by atoms with Gasteiger partial charge >= 0.3 is 0 Å². The Labute approximate surface area is 224 Å². The van der Waals surface area contributed by atoms with Crippen LogP contribution in [0.25, 0.3) is 32.9 Å². The van der Waals surface area contributed by atoms with Crippen LogP contribution in [0.2, 0.25) is 0 Å². The highest BCUT2D eigenvalue weighted by atomic mass is 19.1. The lowest BCUT2D eigenvalue weighted by Crippen LogP contribution is -2.51. The maximum Gasteiger partial charge on any atom is 0.225 e. The first kappa shape index (κ1) is 23.8. The lowest BCUT2D eigenvalue weighted by atomic mass is 10.00. The van der Waals surface area contributed by atoms with Gasteiger partial charge in [-0.15, -0.1) is 0 Å². The number of halogens is 1. The number of phenols is 1. The van der Waals surface area contributed by atoms with Crippen molar-refractivity contribution in [2.45, 2.75) is 31.3 Å². The Morgan fingerprint density at radius 1 is 1.08 bits per heavy atom. The highest BCUT2D eigenvalue weighted by Crippen LogP contribution is 2.37. The zero-order valence-electron chi connectivity index (χ0n) is 21.6. The number of benzene rings is 2. The summed E-state index contributed by atoms with van der Waals surface area (Å²) in [4.78, 5) is 20.7. The van der Waals surface area contributed by atoms with Crippen molar-refractivity contribution in [3.63, 3.8) is 0 Å². The van der Waals surface area contributed by atoms with E-state index in [0.29, 0.717) is 47.8 Å². The molecule has 2 atom stereocenters. The van der Waals surface area contributed by atoms with Gasteiger partial charge in [-0.3, -0.25) is 4.98 Å². The number of pyridine rings is 1. The van der Waals surface area contributed by atoms with E-state index in [-0.39, 0.29) is 17.0 Å². The topological polar surface area (TPSA) is 104 Å². The van der Waals surface area contributed by atoms with Crippen molar-refractivity contribution in [2.24, 2.45) is 7.05 Å². The van der Waals surface area contributed by atoms with Gasteiger partial charge in [-0.2, -0.15) is 4.98 Å². The van der Waals surface area contributed by atoms with Gasteiger partial charge in [-0.25, -0.2) is 14.4 Å². The third kappa shape index (κ3) is 4.30. The van der Waals surface area contributed by atoms with Gasteiger partial charge in [0.25, 0.3) is 0 Å². The molecule has 0 amide bonds. The van der Waals surface area contributed by atoms with Gasteiger partial charge < -0.3 is 25.2 Å². The van der Waals surface area contributed by atoms with Crippen LogP contribution in [0.4, 0.5) is 16.2 Å². The van der Waals surface area contributed by atoms with Crippen LogP contribution >= 0.6 is 0 Å². The van der Waals surface area contributed by atoms with E-state index in [1.54, 1.807) is 24.5 Å². The van der Waals surface area contributed by atoms with Crippen molar-refractivity contribution < 1.29 is 9.50 Å². The summed E-state index contributed by atoms with van der Waals surface area (Å²) in [7, 11) is 1.96. The number of hydrogen-bond donors (Lipinski definition) is 3. The zero-order valence-corrected chi connectivity index (χ0v) is 21.6. The quantitative estimate of drug-likeness (QED) is 0.306. The van der Waals surface area contributed by atoms with Crippen LogP contribution in [-0.4, -0.2) is 61.3 Å². The maximum atomic E-state index is 16.4. The molecule has 2 aliphatic rings. The van der Waals surface area contributed by atoms with Gasteiger partial charge in [0.2, 0.25) is 5.95 Å². The van der Waals surface area contributed by atoms with Crippen molar-refractivity contribution in [2.75, 3.05) is 29.9 Å². The van der Waals surface area contributed by atoms with E-state index in [9.17, 15) is 5.11 Å². The molecule has 2 fully saturated rings. The van der Waals surface area contributed by atoms with E-state index in [1.165, 1.54) is 0 Å². The number of hydrogen-bond acceptors (Lipinski definition) is 8. The molecule has 0 aliphatic carbocycles. The molecule has 39 heavy (non-hydrogen) atoms. The van der Waals surface area contributed by atoms with Crippen LogP contribution < -0.4 is 15.5 Å². The number of anilines is 2. The molecule has 0 unspecified atom stereocenters. The van der Waals surface area contributed by atoms with Gasteiger partial charge in [0.1, 0.15) is 28.6 Å². The molecular formula is C29H29FN8O. The molecular weight excluding hydrogens is 495 g/mol. The smallest absolute Gasteiger partial charge is 0.225 e. The molecule has 3 aromatic heterocycles. The Morgan fingerprint density at radius 3 is 2.69 bits per heavy atom. The standard InChI is InChI=1S/C29H29FN8O/c1-37-11-10-31-24(37)8-9-32-29-35-27-23(28(36-29)38-15-18-6-7-19(16-38)34-18)14-33-26(25(27)30)22-13-20(39)12-17-4-2-3-5-21(17)22/h2-5,10-14,18-19,34,39H,6-9,15-16H2,1H3,(H,32,35,36)/t18-,19+. The van der Waals surface area contributed by atoms with Crippen molar-refractivity contribution in [3.05, 3.63) is 66.6 Å². The largest absolute Gasteiger partial charge is 0.508 e. The summed E-state index contributed by atoms with van der Waals surface area (Å²) in [5.41, 5.74) is 0.885. The molecule has 2 saturated heterocycles. The average Bonchev–Trinajstić information content (AvgIpc) is 3.51. The van der Waals surface area contributed by atoms with E-state index < -0.39 is 5.82 Å². The minimum Gasteiger partial charge on any atom is -0.508 e. The Hall–Kier alpha value is -4.31.